The normalized spacial score (nSPS) is 14.2. The Morgan fingerprint density at radius 3 is 2.74 bits per heavy atom. The van der Waals surface area contributed by atoms with E-state index in [0.717, 1.165) is 29.6 Å². The van der Waals surface area contributed by atoms with Crippen LogP contribution >= 0.6 is 11.3 Å². The SMILES string of the molecule is Cc1nc(-c2ccccn2)sc1C(=O)Nc1ccc(N2CCOCC2)nc1. The van der Waals surface area contributed by atoms with Crippen molar-refractivity contribution in [1.82, 2.24) is 15.0 Å². The van der Waals surface area contributed by atoms with Crippen LogP contribution in [-0.2, 0) is 4.74 Å². The molecule has 27 heavy (non-hydrogen) atoms. The van der Waals surface area contributed by atoms with Gasteiger partial charge in [-0.1, -0.05) is 6.07 Å². The maximum Gasteiger partial charge on any atom is 0.267 e. The summed E-state index contributed by atoms with van der Waals surface area (Å²) in [5.41, 5.74) is 2.11. The number of hydrogen-bond acceptors (Lipinski definition) is 7. The van der Waals surface area contributed by atoms with Crippen molar-refractivity contribution in [2.75, 3.05) is 36.5 Å². The van der Waals surface area contributed by atoms with Gasteiger partial charge in [0.2, 0.25) is 0 Å². The van der Waals surface area contributed by atoms with Crippen molar-refractivity contribution in [3.8, 4) is 10.7 Å². The molecule has 0 radical (unpaired) electrons. The van der Waals surface area contributed by atoms with Gasteiger partial charge >= 0.3 is 0 Å². The van der Waals surface area contributed by atoms with Crippen molar-refractivity contribution in [2.45, 2.75) is 6.92 Å². The molecule has 0 spiro atoms. The van der Waals surface area contributed by atoms with Crippen LogP contribution in [-0.4, -0.2) is 47.2 Å². The van der Waals surface area contributed by atoms with Crippen molar-refractivity contribution >= 4 is 28.7 Å². The average molecular weight is 381 g/mol. The number of ether oxygens (including phenoxy) is 1. The van der Waals surface area contributed by atoms with Gasteiger partial charge in [0, 0.05) is 19.3 Å². The zero-order valence-electron chi connectivity index (χ0n) is 14.9. The second-order valence-corrected chi connectivity index (χ2v) is 7.11. The van der Waals surface area contributed by atoms with E-state index in [-0.39, 0.29) is 5.91 Å². The van der Waals surface area contributed by atoms with Gasteiger partial charge in [0.15, 0.2) is 0 Å². The van der Waals surface area contributed by atoms with Crippen LogP contribution in [0.2, 0.25) is 0 Å². The van der Waals surface area contributed by atoms with Gasteiger partial charge in [0.05, 0.1) is 36.5 Å². The highest BCUT2D eigenvalue weighted by molar-refractivity contribution is 7.17. The molecule has 4 rings (SSSR count). The molecule has 8 heteroatoms. The van der Waals surface area contributed by atoms with E-state index in [0.29, 0.717) is 29.5 Å². The number of nitrogens with zero attached hydrogens (tertiary/aromatic N) is 4. The van der Waals surface area contributed by atoms with Gasteiger partial charge in [0.1, 0.15) is 15.7 Å². The molecule has 0 atom stereocenters. The third-order valence-corrected chi connectivity index (χ3v) is 5.41. The number of rotatable bonds is 4. The van der Waals surface area contributed by atoms with Crippen molar-refractivity contribution in [3.05, 3.63) is 53.3 Å². The van der Waals surface area contributed by atoms with Crippen LogP contribution in [0, 0.1) is 6.92 Å². The fourth-order valence-corrected chi connectivity index (χ4v) is 3.77. The Morgan fingerprint density at radius 1 is 1.19 bits per heavy atom. The number of hydrogen-bond donors (Lipinski definition) is 1. The Morgan fingerprint density at radius 2 is 2.04 bits per heavy atom. The predicted molar refractivity (Wildman–Crippen MR) is 105 cm³/mol. The van der Waals surface area contributed by atoms with Gasteiger partial charge in [-0.2, -0.15) is 0 Å². The van der Waals surface area contributed by atoms with Crippen LogP contribution in [0.4, 0.5) is 11.5 Å². The summed E-state index contributed by atoms with van der Waals surface area (Å²) in [4.78, 5) is 28.6. The van der Waals surface area contributed by atoms with E-state index in [1.165, 1.54) is 11.3 Å². The third-order valence-electron chi connectivity index (χ3n) is 4.23. The topological polar surface area (TPSA) is 80.2 Å². The van der Waals surface area contributed by atoms with E-state index in [2.05, 4.69) is 25.2 Å². The largest absolute Gasteiger partial charge is 0.378 e. The first kappa shape index (κ1) is 17.6. The zero-order chi connectivity index (χ0) is 18.6. The van der Waals surface area contributed by atoms with Crippen molar-refractivity contribution < 1.29 is 9.53 Å². The molecule has 3 aromatic heterocycles. The number of morpholine rings is 1. The van der Waals surface area contributed by atoms with E-state index in [1.54, 1.807) is 12.4 Å². The highest BCUT2D eigenvalue weighted by atomic mass is 32.1. The van der Waals surface area contributed by atoms with E-state index in [9.17, 15) is 4.79 Å². The third kappa shape index (κ3) is 3.96. The van der Waals surface area contributed by atoms with E-state index in [1.807, 2.05) is 37.3 Å². The minimum Gasteiger partial charge on any atom is -0.378 e. The number of pyridine rings is 2. The summed E-state index contributed by atoms with van der Waals surface area (Å²) in [6.07, 6.45) is 3.40. The summed E-state index contributed by atoms with van der Waals surface area (Å²) in [7, 11) is 0. The smallest absolute Gasteiger partial charge is 0.267 e. The van der Waals surface area contributed by atoms with Crippen LogP contribution in [0.5, 0.6) is 0 Å². The molecule has 0 aromatic carbocycles. The first-order valence-corrected chi connectivity index (χ1v) is 9.51. The molecule has 0 saturated carbocycles. The van der Waals surface area contributed by atoms with Gasteiger partial charge in [-0.3, -0.25) is 9.78 Å². The Hall–Kier alpha value is -2.84. The minimum absolute atomic E-state index is 0.187. The molecule has 138 valence electrons. The Labute approximate surface area is 161 Å². The summed E-state index contributed by atoms with van der Waals surface area (Å²) in [6.45, 7) is 4.91. The van der Waals surface area contributed by atoms with Crippen molar-refractivity contribution in [3.63, 3.8) is 0 Å². The summed E-state index contributed by atoms with van der Waals surface area (Å²) >= 11 is 1.34. The molecule has 1 aliphatic heterocycles. The maximum atomic E-state index is 12.7. The summed E-state index contributed by atoms with van der Waals surface area (Å²) in [6, 6.07) is 9.42. The molecule has 7 nitrogen and oxygen atoms in total. The van der Waals surface area contributed by atoms with Gasteiger partial charge in [-0.15, -0.1) is 11.3 Å². The van der Waals surface area contributed by atoms with Crippen LogP contribution in [0.1, 0.15) is 15.4 Å². The summed E-state index contributed by atoms with van der Waals surface area (Å²) in [5, 5.41) is 3.63. The number of carbonyl (C=O) groups excluding carboxylic acids is 1. The molecule has 0 unspecified atom stereocenters. The first-order valence-electron chi connectivity index (χ1n) is 8.69. The molecular formula is C19H19N5O2S. The Balaban J connectivity index is 1.47. The van der Waals surface area contributed by atoms with Crippen LogP contribution in [0.25, 0.3) is 10.7 Å². The molecule has 4 heterocycles. The fourth-order valence-electron chi connectivity index (χ4n) is 2.83. The average Bonchev–Trinajstić information content (AvgIpc) is 3.12. The lowest BCUT2D eigenvalue weighted by Gasteiger charge is -2.27. The number of thiazole rings is 1. The maximum absolute atomic E-state index is 12.7. The Kier molecular flexibility index (Phi) is 5.08. The van der Waals surface area contributed by atoms with Crippen molar-refractivity contribution in [1.29, 1.82) is 0 Å². The van der Waals surface area contributed by atoms with Gasteiger partial charge in [-0.25, -0.2) is 9.97 Å². The number of anilines is 2. The lowest BCUT2D eigenvalue weighted by atomic mass is 10.3. The highest BCUT2D eigenvalue weighted by Gasteiger charge is 2.17. The monoisotopic (exact) mass is 381 g/mol. The van der Waals surface area contributed by atoms with E-state index >= 15 is 0 Å². The van der Waals surface area contributed by atoms with Crippen LogP contribution in [0.3, 0.4) is 0 Å². The summed E-state index contributed by atoms with van der Waals surface area (Å²) in [5.74, 6) is 0.704. The second-order valence-electron chi connectivity index (χ2n) is 6.11. The predicted octanol–water partition coefficient (Wildman–Crippen LogP) is 3.00. The molecular weight excluding hydrogens is 362 g/mol. The van der Waals surface area contributed by atoms with Crippen molar-refractivity contribution in [2.24, 2.45) is 0 Å². The van der Waals surface area contributed by atoms with Gasteiger partial charge in [-0.05, 0) is 31.2 Å². The first-order chi connectivity index (χ1) is 13.2. The van der Waals surface area contributed by atoms with E-state index in [4.69, 9.17) is 4.74 Å². The molecule has 1 fully saturated rings. The fraction of sp³-hybridized carbons (Fsp3) is 0.263. The summed E-state index contributed by atoms with van der Waals surface area (Å²) < 4.78 is 5.36. The molecule has 1 saturated heterocycles. The van der Waals surface area contributed by atoms with Crippen LogP contribution in [0.15, 0.2) is 42.7 Å². The molecule has 1 amide bonds. The molecule has 1 N–H and O–H groups in total. The molecule has 3 aromatic rings. The lowest BCUT2D eigenvalue weighted by Crippen LogP contribution is -2.36. The number of aromatic nitrogens is 3. The molecule has 0 aliphatic carbocycles. The van der Waals surface area contributed by atoms with E-state index < -0.39 is 0 Å². The Bertz CT molecular complexity index is 921. The van der Waals surface area contributed by atoms with Gasteiger partial charge < -0.3 is 15.0 Å². The zero-order valence-corrected chi connectivity index (χ0v) is 15.7. The molecule has 1 aliphatic rings. The number of amides is 1. The standard InChI is InChI=1S/C19H19N5O2S/c1-13-17(27-19(22-13)15-4-2-3-7-20-15)18(25)23-14-5-6-16(21-12-14)24-8-10-26-11-9-24/h2-7,12H,8-11H2,1H3,(H,23,25). The number of nitrogens with one attached hydrogen (secondary N) is 1. The minimum atomic E-state index is -0.187. The quantitative estimate of drug-likeness (QED) is 0.748. The number of carbonyl (C=O) groups is 1. The lowest BCUT2D eigenvalue weighted by molar-refractivity contribution is 0.102. The highest BCUT2D eigenvalue weighted by Crippen LogP contribution is 2.27. The second kappa shape index (κ2) is 7.81. The number of aryl methyl sites for hydroxylation is 1. The van der Waals surface area contributed by atoms with Gasteiger partial charge in [0.25, 0.3) is 5.91 Å². The van der Waals surface area contributed by atoms with Crippen LogP contribution < -0.4 is 10.2 Å². The molecule has 0 bridgehead atoms.